The number of aromatic nitrogens is 3. The fraction of sp³-hybridized carbons (Fsp3) is 0.370. The van der Waals surface area contributed by atoms with Gasteiger partial charge in [-0.05, 0) is 49.9 Å². The van der Waals surface area contributed by atoms with E-state index in [9.17, 15) is 17.2 Å². The molecule has 0 N–H and O–H groups in total. The molecule has 0 bridgehead atoms. The summed E-state index contributed by atoms with van der Waals surface area (Å²) in [7, 11) is -3.91. The minimum atomic E-state index is -3.91. The summed E-state index contributed by atoms with van der Waals surface area (Å²) in [5.74, 6) is 0.554. The van der Waals surface area contributed by atoms with Crippen molar-refractivity contribution in [3.8, 4) is 16.9 Å². The molecule has 2 aromatic carbocycles. The molecule has 0 unspecified atom stereocenters. The first-order valence-electron chi connectivity index (χ1n) is 12.2. The number of hydrogen-bond donors (Lipinski definition) is 0. The summed E-state index contributed by atoms with van der Waals surface area (Å²) in [5.41, 5.74) is 0.715. The molecule has 37 heavy (non-hydrogen) atoms. The number of halogens is 2. The van der Waals surface area contributed by atoms with E-state index < -0.39 is 26.4 Å². The zero-order valence-electron chi connectivity index (χ0n) is 20.7. The highest BCUT2D eigenvalue weighted by molar-refractivity contribution is 7.90. The normalized spacial score (nSPS) is 18.4. The van der Waals surface area contributed by atoms with E-state index in [0.29, 0.717) is 34.2 Å². The summed E-state index contributed by atoms with van der Waals surface area (Å²) in [4.78, 5) is 8.26. The predicted octanol–water partition coefficient (Wildman–Crippen LogP) is 6.20. The van der Waals surface area contributed by atoms with Crippen molar-refractivity contribution in [3.05, 3.63) is 65.9 Å². The maximum absolute atomic E-state index is 15.0. The topological polar surface area (TPSA) is 95.2 Å². The molecule has 10 heteroatoms. The van der Waals surface area contributed by atoms with Crippen LogP contribution < -0.4 is 4.74 Å². The molecule has 0 aliphatic heterocycles. The van der Waals surface area contributed by atoms with Gasteiger partial charge >= 0.3 is 0 Å². The Labute approximate surface area is 213 Å². The van der Waals surface area contributed by atoms with Gasteiger partial charge in [-0.15, -0.1) is 0 Å². The van der Waals surface area contributed by atoms with Crippen molar-refractivity contribution in [1.82, 2.24) is 15.1 Å². The second kappa shape index (κ2) is 9.81. The largest absolute Gasteiger partial charge is 0.490 e. The van der Waals surface area contributed by atoms with Gasteiger partial charge in [0.05, 0.1) is 11.6 Å². The summed E-state index contributed by atoms with van der Waals surface area (Å²) in [6, 6.07) is 8.53. The van der Waals surface area contributed by atoms with Gasteiger partial charge in [0.15, 0.2) is 15.7 Å². The van der Waals surface area contributed by atoms with Crippen LogP contribution in [0.1, 0.15) is 63.1 Å². The molecule has 7 nitrogen and oxygen atoms in total. The highest BCUT2D eigenvalue weighted by atomic mass is 32.2. The van der Waals surface area contributed by atoms with E-state index in [0.717, 1.165) is 43.8 Å². The highest BCUT2D eigenvalue weighted by Crippen LogP contribution is 2.38. The molecule has 2 aromatic heterocycles. The van der Waals surface area contributed by atoms with Crippen molar-refractivity contribution >= 4 is 20.7 Å². The highest BCUT2D eigenvalue weighted by Gasteiger charge is 2.28. The van der Waals surface area contributed by atoms with Crippen LogP contribution >= 0.6 is 0 Å². The Morgan fingerprint density at radius 2 is 1.78 bits per heavy atom. The average Bonchev–Trinajstić information content (AvgIpc) is 3.36. The van der Waals surface area contributed by atoms with Gasteiger partial charge in [-0.25, -0.2) is 17.2 Å². The van der Waals surface area contributed by atoms with E-state index in [2.05, 4.69) is 15.1 Å². The minimum Gasteiger partial charge on any atom is -0.490 e. The zero-order chi connectivity index (χ0) is 26.3. The number of benzene rings is 2. The van der Waals surface area contributed by atoms with E-state index in [1.54, 1.807) is 24.4 Å². The molecule has 194 valence electrons. The van der Waals surface area contributed by atoms with Crippen LogP contribution in [0.5, 0.6) is 5.75 Å². The van der Waals surface area contributed by atoms with Crippen molar-refractivity contribution in [2.75, 3.05) is 6.26 Å². The second-order valence-electron chi connectivity index (χ2n) is 9.78. The van der Waals surface area contributed by atoms with Crippen LogP contribution in [0.25, 0.3) is 22.0 Å². The Morgan fingerprint density at radius 1 is 1.03 bits per heavy atom. The van der Waals surface area contributed by atoms with Crippen molar-refractivity contribution < 1.29 is 26.5 Å². The Morgan fingerprint density at radius 3 is 2.46 bits per heavy atom. The Balaban J connectivity index is 1.39. The van der Waals surface area contributed by atoms with Crippen LogP contribution in [-0.2, 0) is 9.84 Å². The molecule has 1 saturated carbocycles. The number of pyridine rings is 1. The lowest BCUT2D eigenvalue weighted by atomic mass is 9.87. The summed E-state index contributed by atoms with van der Waals surface area (Å²) < 4.78 is 64.9. The van der Waals surface area contributed by atoms with E-state index in [1.165, 1.54) is 0 Å². The average molecular weight is 528 g/mol. The molecule has 2 heterocycles. The number of nitrogens with zero attached hydrogens (tertiary/aromatic N) is 3. The SMILES string of the molecule is CC(C)c1noc(C2CCC(Oc3ccnc4c(-c5cc(F)c(S(C)(=O)=O)cc5F)cccc34)CC2)n1. The maximum Gasteiger partial charge on any atom is 0.229 e. The number of ether oxygens (including phenoxy) is 1. The van der Waals surface area contributed by atoms with Crippen LogP contribution in [0.3, 0.4) is 0 Å². The maximum atomic E-state index is 15.0. The van der Waals surface area contributed by atoms with Crippen LogP contribution in [0.2, 0.25) is 0 Å². The minimum absolute atomic E-state index is 0.0266. The number of sulfone groups is 1. The second-order valence-corrected chi connectivity index (χ2v) is 11.8. The molecule has 0 spiro atoms. The van der Waals surface area contributed by atoms with Crippen LogP contribution in [-0.4, -0.2) is 35.9 Å². The molecule has 5 rings (SSSR count). The number of hydrogen-bond acceptors (Lipinski definition) is 7. The third-order valence-corrected chi connectivity index (χ3v) is 7.84. The predicted molar refractivity (Wildman–Crippen MR) is 134 cm³/mol. The third-order valence-electron chi connectivity index (χ3n) is 6.73. The van der Waals surface area contributed by atoms with E-state index in [-0.39, 0.29) is 23.5 Å². The first-order chi connectivity index (χ1) is 17.6. The quantitative estimate of drug-likeness (QED) is 0.295. The van der Waals surface area contributed by atoms with Gasteiger partial charge in [-0.3, -0.25) is 4.98 Å². The van der Waals surface area contributed by atoms with E-state index in [4.69, 9.17) is 9.26 Å². The number of fused-ring (bicyclic) bond motifs is 1. The summed E-state index contributed by atoms with van der Waals surface area (Å²) in [5, 5.41) is 4.73. The van der Waals surface area contributed by atoms with Crippen molar-refractivity contribution in [3.63, 3.8) is 0 Å². The standard InChI is InChI=1S/C27H27F2N3O4S/c1-15(2)26-31-27(36-32-26)16-7-9-17(10-8-16)35-23-11-12-30-25-18(5-4-6-19(23)25)20-13-22(29)24(14-21(20)28)37(3,33)34/h4-6,11-17H,7-10H2,1-3H3. The van der Waals surface area contributed by atoms with Gasteiger partial charge in [-0.2, -0.15) is 4.98 Å². The van der Waals surface area contributed by atoms with Gasteiger partial charge in [0.25, 0.3) is 0 Å². The molecule has 1 aliphatic carbocycles. The van der Waals surface area contributed by atoms with E-state index in [1.807, 2.05) is 19.9 Å². The summed E-state index contributed by atoms with van der Waals surface area (Å²) >= 11 is 0. The van der Waals surface area contributed by atoms with Crippen molar-refractivity contribution in [2.24, 2.45) is 0 Å². The molecular weight excluding hydrogens is 500 g/mol. The van der Waals surface area contributed by atoms with Gasteiger partial charge in [0, 0.05) is 40.8 Å². The van der Waals surface area contributed by atoms with Crippen molar-refractivity contribution in [1.29, 1.82) is 0 Å². The lowest BCUT2D eigenvalue weighted by Gasteiger charge is -2.27. The molecule has 0 amide bonds. The van der Waals surface area contributed by atoms with Crippen LogP contribution in [0.4, 0.5) is 8.78 Å². The smallest absolute Gasteiger partial charge is 0.229 e. The first-order valence-corrected chi connectivity index (χ1v) is 14.1. The van der Waals surface area contributed by atoms with Crippen LogP contribution in [0.15, 0.2) is 52.0 Å². The van der Waals surface area contributed by atoms with Crippen LogP contribution in [0, 0.1) is 11.6 Å². The molecule has 0 saturated heterocycles. The Bertz CT molecular complexity index is 1560. The first kappa shape index (κ1) is 25.3. The summed E-state index contributed by atoms with van der Waals surface area (Å²) in [6.45, 7) is 4.05. The monoisotopic (exact) mass is 527 g/mol. The fourth-order valence-electron chi connectivity index (χ4n) is 4.74. The lowest BCUT2D eigenvalue weighted by Crippen LogP contribution is -2.23. The lowest BCUT2D eigenvalue weighted by molar-refractivity contribution is 0.141. The summed E-state index contributed by atoms with van der Waals surface area (Å²) in [6.07, 6.45) is 5.71. The Kier molecular flexibility index (Phi) is 6.70. The van der Waals surface area contributed by atoms with Gasteiger partial charge < -0.3 is 9.26 Å². The fourth-order valence-corrected chi connectivity index (χ4v) is 5.48. The van der Waals surface area contributed by atoms with Gasteiger partial charge in [-0.1, -0.05) is 31.1 Å². The third kappa shape index (κ3) is 5.07. The molecule has 4 aromatic rings. The molecular formula is C27H27F2N3O4S. The Hall–Kier alpha value is -3.40. The number of para-hydroxylation sites is 1. The van der Waals surface area contributed by atoms with Gasteiger partial charge in [0.1, 0.15) is 22.3 Å². The zero-order valence-corrected chi connectivity index (χ0v) is 21.6. The molecule has 1 fully saturated rings. The number of rotatable bonds is 6. The molecule has 0 atom stereocenters. The van der Waals surface area contributed by atoms with Gasteiger partial charge in [0.2, 0.25) is 5.89 Å². The van der Waals surface area contributed by atoms with E-state index >= 15 is 0 Å². The molecule has 1 aliphatic rings. The van der Waals surface area contributed by atoms with Crippen molar-refractivity contribution in [2.45, 2.75) is 62.4 Å². The molecule has 0 radical (unpaired) electrons.